The highest BCUT2D eigenvalue weighted by molar-refractivity contribution is 7.15. The number of ether oxygens (including phenoxy) is 1. The predicted octanol–water partition coefficient (Wildman–Crippen LogP) is 2.84. The van der Waals surface area contributed by atoms with E-state index in [0.29, 0.717) is 23.7 Å². The van der Waals surface area contributed by atoms with Crippen LogP contribution < -0.4 is 15.0 Å². The molecule has 5 nitrogen and oxygen atoms in total. The van der Waals surface area contributed by atoms with Gasteiger partial charge in [-0.3, -0.25) is 0 Å². The van der Waals surface area contributed by atoms with Gasteiger partial charge >= 0.3 is 0 Å². The van der Waals surface area contributed by atoms with Crippen LogP contribution in [-0.2, 0) is 6.54 Å². The van der Waals surface area contributed by atoms with Crippen molar-refractivity contribution < 1.29 is 9.13 Å². The number of hydrogen-bond acceptors (Lipinski definition) is 6. The number of halogens is 1. The number of nitrogens with one attached hydrogen (secondary N) is 1. The summed E-state index contributed by atoms with van der Waals surface area (Å²) >= 11 is 1.48. The van der Waals surface area contributed by atoms with E-state index >= 15 is 0 Å². The van der Waals surface area contributed by atoms with Crippen molar-refractivity contribution in [2.75, 3.05) is 31.4 Å². The average molecular weight is 306 g/mol. The van der Waals surface area contributed by atoms with Gasteiger partial charge in [-0.15, -0.1) is 0 Å². The number of anilines is 2. The summed E-state index contributed by atoms with van der Waals surface area (Å²) in [6, 6.07) is 6.23. The molecule has 1 aromatic carbocycles. The van der Waals surface area contributed by atoms with Gasteiger partial charge in [0.05, 0.1) is 35.9 Å². The maximum Gasteiger partial charge on any atom is 0.231 e. The van der Waals surface area contributed by atoms with E-state index in [2.05, 4.69) is 10.3 Å². The van der Waals surface area contributed by atoms with E-state index in [-0.39, 0.29) is 0 Å². The highest BCUT2D eigenvalue weighted by Gasteiger charge is 2.13. The third kappa shape index (κ3) is 3.41. The van der Waals surface area contributed by atoms with Crippen molar-refractivity contribution in [1.29, 1.82) is 5.26 Å². The number of thiazole rings is 1. The van der Waals surface area contributed by atoms with Crippen LogP contribution in [0.15, 0.2) is 18.2 Å². The van der Waals surface area contributed by atoms with Crippen molar-refractivity contribution in [2.24, 2.45) is 0 Å². The molecular formula is C14H15FN4OS. The highest BCUT2D eigenvalue weighted by Crippen LogP contribution is 2.31. The third-order valence-electron chi connectivity index (χ3n) is 2.76. The molecule has 0 atom stereocenters. The summed E-state index contributed by atoms with van der Waals surface area (Å²) in [7, 11) is 5.35. The van der Waals surface area contributed by atoms with Crippen LogP contribution in [0.5, 0.6) is 5.88 Å². The van der Waals surface area contributed by atoms with Gasteiger partial charge in [-0.05, 0) is 18.2 Å². The van der Waals surface area contributed by atoms with Gasteiger partial charge in [0.1, 0.15) is 5.82 Å². The lowest BCUT2D eigenvalue weighted by Crippen LogP contribution is -2.07. The van der Waals surface area contributed by atoms with Gasteiger partial charge < -0.3 is 15.0 Å². The Morgan fingerprint density at radius 2 is 2.24 bits per heavy atom. The fourth-order valence-corrected chi connectivity index (χ4v) is 2.58. The zero-order chi connectivity index (χ0) is 15.4. The number of methoxy groups -OCH3 is 1. The molecule has 0 bridgehead atoms. The lowest BCUT2D eigenvalue weighted by atomic mass is 10.2. The first-order chi connectivity index (χ1) is 10.0. The van der Waals surface area contributed by atoms with Crippen LogP contribution in [0.25, 0.3) is 0 Å². The minimum Gasteiger partial charge on any atom is -0.480 e. The van der Waals surface area contributed by atoms with E-state index in [1.54, 1.807) is 19.2 Å². The van der Waals surface area contributed by atoms with Gasteiger partial charge in [0, 0.05) is 14.1 Å². The van der Waals surface area contributed by atoms with Crippen molar-refractivity contribution in [3.05, 3.63) is 34.5 Å². The van der Waals surface area contributed by atoms with Crippen LogP contribution in [0.2, 0.25) is 0 Å². The van der Waals surface area contributed by atoms with E-state index < -0.39 is 5.82 Å². The summed E-state index contributed by atoms with van der Waals surface area (Å²) in [6.45, 7) is 0.400. The molecule has 0 aliphatic heterocycles. The van der Waals surface area contributed by atoms with Crippen molar-refractivity contribution >= 4 is 22.2 Å². The molecule has 1 heterocycles. The minimum absolute atomic E-state index is 0.295. The van der Waals surface area contributed by atoms with Crippen molar-refractivity contribution in [1.82, 2.24) is 4.98 Å². The van der Waals surface area contributed by atoms with Gasteiger partial charge in [-0.25, -0.2) is 4.39 Å². The molecule has 7 heteroatoms. The zero-order valence-electron chi connectivity index (χ0n) is 12.0. The predicted molar refractivity (Wildman–Crippen MR) is 81.4 cm³/mol. The number of rotatable bonds is 5. The number of hydrogen-bond donors (Lipinski definition) is 1. The Bertz CT molecular complexity index is 678. The van der Waals surface area contributed by atoms with Gasteiger partial charge in [-0.2, -0.15) is 10.2 Å². The first-order valence-electron chi connectivity index (χ1n) is 6.19. The van der Waals surface area contributed by atoms with Crippen molar-refractivity contribution in [3.63, 3.8) is 0 Å². The molecule has 0 spiro atoms. The van der Waals surface area contributed by atoms with E-state index in [0.717, 1.165) is 10.0 Å². The van der Waals surface area contributed by atoms with Crippen LogP contribution in [0.4, 0.5) is 15.2 Å². The molecule has 110 valence electrons. The van der Waals surface area contributed by atoms with Gasteiger partial charge in [-0.1, -0.05) is 11.3 Å². The second-order valence-corrected chi connectivity index (χ2v) is 5.55. The molecule has 0 saturated heterocycles. The highest BCUT2D eigenvalue weighted by atomic mass is 32.1. The summed E-state index contributed by atoms with van der Waals surface area (Å²) in [5.41, 5.74) is 0.638. The number of nitrogens with zero attached hydrogens (tertiary/aromatic N) is 3. The van der Waals surface area contributed by atoms with E-state index in [4.69, 9.17) is 10.00 Å². The Hall–Kier alpha value is -2.33. The molecule has 2 aromatic rings. The largest absolute Gasteiger partial charge is 0.480 e. The Morgan fingerprint density at radius 3 is 2.81 bits per heavy atom. The van der Waals surface area contributed by atoms with E-state index in [9.17, 15) is 4.39 Å². The molecule has 0 unspecified atom stereocenters. The van der Waals surface area contributed by atoms with Gasteiger partial charge in [0.15, 0.2) is 5.13 Å². The molecule has 1 N–H and O–H groups in total. The van der Waals surface area contributed by atoms with Crippen LogP contribution in [-0.4, -0.2) is 26.2 Å². The van der Waals surface area contributed by atoms with Crippen molar-refractivity contribution in [3.8, 4) is 11.9 Å². The summed E-state index contributed by atoms with van der Waals surface area (Å²) in [4.78, 5) is 7.10. The third-order valence-corrected chi connectivity index (χ3v) is 3.97. The second kappa shape index (κ2) is 6.41. The van der Waals surface area contributed by atoms with Gasteiger partial charge in [0.2, 0.25) is 5.88 Å². The molecule has 0 fully saturated rings. The molecule has 1 aromatic heterocycles. The SMILES string of the molecule is COc1nc(N(C)C)sc1CNc1ccc(C#N)cc1F. The summed E-state index contributed by atoms with van der Waals surface area (Å²) < 4.78 is 19.0. The number of aromatic nitrogens is 1. The quantitative estimate of drug-likeness (QED) is 0.920. The van der Waals surface area contributed by atoms with Crippen molar-refractivity contribution in [2.45, 2.75) is 6.54 Å². The Kier molecular flexibility index (Phi) is 4.60. The van der Waals surface area contributed by atoms with Gasteiger partial charge in [0.25, 0.3) is 0 Å². The summed E-state index contributed by atoms with van der Waals surface area (Å²) in [5, 5.41) is 12.5. The molecule has 0 aliphatic rings. The first-order valence-corrected chi connectivity index (χ1v) is 7.01. The van der Waals surface area contributed by atoms with E-state index in [1.165, 1.54) is 17.4 Å². The average Bonchev–Trinajstić information content (AvgIpc) is 2.89. The Labute approximate surface area is 126 Å². The molecule has 0 radical (unpaired) electrons. The number of nitriles is 1. The number of benzene rings is 1. The zero-order valence-corrected chi connectivity index (χ0v) is 12.8. The fraction of sp³-hybridized carbons (Fsp3) is 0.286. The Balaban J connectivity index is 2.14. The van der Waals surface area contributed by atoms with Crippen LogP contribution in [0.3, 0.4) is 0 Å². The Morgan fingerprint density at radius 1 is 1.48 bits per heavy atom. The molecule has 0 aliphatic carbocycles. The lowest BCUT2D eigenvalue weighted by molar-refractivity contribution is 0.397. The van der Waals surface area contributed by atoms with E-state index in [1.807, 2.05) is 25.1 Å². The second-order valence-electron chi connectivity index (χ2n) is 4.48. The standard InChI is InChI=1S/C14H15FN4OS/c1-19(2)14-18-13(20-3)12(21-14)8-17-11-5-4-9(7-16)6-10(11)15/h4-6,17H,8H2,1-3H3. The minimum atomic E-state index is -0.453. The van der Waals surface area contributed by atoms with Crippen LogP contribution in [0, 0.1) is 17.1 Å². The topological polar surface area (TPSA) is 61.2 Å². The van der Waals surface area contributed by atoms with Crippen LogP contribution in [0.1, 0.15) is 10.4 Å². The first kappa shape index (κ1) is 15.1. The monoisotopic (exact) mass is 306 g/mol. The molecular weight excluding hydrogens is 291 g/mol. The molecule has 0 saturated carbocycles. The molecule has 2 rings (SSSR count). The molecule has 21 heavy (non-hydrogen) atoms. The van der Waals surface area contributed by atoms with Crippen LogP contribution >= 0.6 is 11.3 Å². The fourth-order valence-electron chi connectivity index (χ4n) is 1.69. The normalized spacial score (nSPS) is 10.0. The summed E-state index contributed by atoms with van der Waals surface area (Å²) in [6.07, 6.45) is 0. The maximum absolute atomic E-state index is 13.8. The lowest BCUT2D eigenvalue weighted by Gasteiger charge is -2.07. The smallest absolute Gasteiger partial charge is 0.231 e. The maximum atomic E-state index is 13.8. The summed E-state index contributed by atoms with van der Waals surface area (Å²) in [5.74, 6) is 0.0793. The molecule has 0 amide bonds.